The molecule has 0 unspecified atom stereocenters. The highest BCUT2D eigenvalue weighted by molar-refractivity contribution is 6.33. The highest BCUT2D eigenvalue weighted by Crippen LogP contribution is 2.21. The summed E-state index contributed by atoms with van der Waals surface area (Å²) < 4.78 is 31.2. The summed E-state index contributed by atoms with van der Waals surface area (Å²) in [5.41, 5.74) is 1.14. The molecular weight excluding hydrogens is 340 g/mol. The number of anilines is 1. The number of ether oxygens (including phenoxy) is 1. The van der Waals surface area contributed by atoms with Gasteiger partial charge in [0.05, 0.1) is 10.6 Å². The average Bonchev–Trinajstić information content (AvgIpc) is 2.50. The number of benzene rings is 2. The predicted molar refractivity (Wildman–Crippen MR) is 86.1 cm³/mol. The molecule has 0 saturated heterocycles. The van der Waals surface area contributed by atoms with Gasteiger partial charge < -0.3 is 10.1 Å². The van der Waals surface area contributed by atoms with Gasteiger partial charge in [-0.15, -0.1) is 0 Å². The van der Waals surface area contributed by atoms with E-state index in [4.69, 9.17) is 16.3 Å². The fourth-order valence-corrected chi connectivity index (χ4v) is 2.15. The summed E-state index contributed by atoms with van der Waals surface area (Å²) in [5, 5.41) is 2.29. The van der Waals surface area contributed by atoms with Crippen molar-refractivity contribution in [2.75, 3.05) is 5.32 Å². The van der Waals surface area contributed by atoms with Crippen molar-refractivity contribution >= 4 is 29.2 Å². The Labute approximate surface area is 142 Å². The summed E-state index contributed by atoms with van der Waals surface area (Å²) in [7, 11) is 0. The van der Waals surface area contributed by atoms with Crippen LogP contribution in [0.2, 0.25) is 5.02 Å². The first-order valence-corrected chi connectivity index (χ1v) is 7.39. The molecule has 2 aromatic carbocycles. The minimum absolute atomic E-state index is 0.301. The van der Waals surface area contributed by atoms with E-state index in [1.54, 1.807) is 18.2 Å². The molecule has 0 spiro atoms. The van der Waals surface area contributed by atoms with Crippen LogP contribution in [-0.4, -0.2) is 18.0 Å². The van der Waals surface area contributed by atoms with Crippen LogP contribution in [0.25, 0.3) is 0 Å². The third-order valence-corrected chi connectivity index (χ3v) is 3.48. The zero-order valence-electron chi connectivity index (χ0n) is 12.9. The summed E-state index contributed by atoms with van der Waals surface area (Å²) in [6, 6.07) is 8.37. The zero-order valence-corrected chi connectivity index (χ0v) is 13.7. The Morgan fingerprint density at radius 1 is 1.17 bits per heavy atom. The fraction of sp³-hybridized carbons (Fsp3) is 0.176. The molecule has 4 nitrogen and oxygen atoms in total. The molecule has 0 bridgehead atoms. The number of aryl methyl sites for hydroxylation is 1. The maximum absolute atomic E-state index is 13.2. The molecule has 1 N–H and O–H groups in total. The van der Waals surface area contributed by atoms with Gasteiger partial charge in [0.1, 0.15) is 0 Å². The van der Waals surface area contributed by atoms with Gasteiger partial charge in [-0.1, -0.05) is 23.7 Å². The number of nitrogens with one attached hydrogen (secondary N) is 1. The summed E-state index contributed by atoms with van der Waals surface area (Å²) in [6.07, 6.45) is -1.15. The van der Waals surface area contributed by atoms with Crippen molar-refractivity contribution in [2.45, 2.75) is 20.0 Å². The first-order chi connectivity index (χ1) is 11.3. The van der Waals surface area contributed by atoms with Crippen LogP contribution in [0.4, 0.5) is 14.5 Å². The van der Waals surface area contributed by atoms with E-state index in [0.29, 0.717) is 17.8 Å². The lowest BCUT2D eigenvalue weighted by Gasteiger charge is -2.14. The molecule has 1 atom stereocenters. The Balaban J connectivity index is 2.06. The SMILES string of the molecule is Cc1cccc(NC(=O)[C@H](C)OC(=O)c2cc(F)c(F)cc2Cl)c1. The lowest BCUT2D eigenvalue weighted by molar-refractivity contribution is -0.123. The van der Waals surface area contributed by atoms with E-state index in [9.17, 15) is 18.4 Å². The monoisotopic (exact) mass is 353 g/mol. The summed E-state index contributed by atoms with van der Waals surface area (Å²) in [6.45, 7) is 3.22. The van der Waals surface area contributed by atoms with Gasteiger partial charge in [0.25, 0.3) is 5.91 Å². The van der Waals surface area contributed by atoms with Crippen LogP contribution in [0, 0.1) is 18.6 Å². The molecule has 2 rings (SSSR count). The quantitative estimate of drug-likeness (QED) is 0.664. The van der Waals surface area contributed by atoms with Crippen molar-refractivity contribution in [1.82, 2.24) is 0 Å². The average molecular weight is 354 g/mol. The summed E-state index contributed by atoms with van der Waals surface area (Å²) >= 11 is 5.70. The van der Waals surface area contributed by atoms with E-state index in [0.717, 1.165) is 5.56 Å². The second-order valence-corrected chi connectivity index (χ2v) is 5.56. The molecule has 0 saturated carbocycles. The van der Waals surface area contributed by atoms with E-state index in [-0.39, 0.29) is 10.6 Å². The van der Waals surface area contributed by atoms with Crippen molar-refractivity contribution in [3.8, 4) is 0 Å². The molecule has 0 heterocycles. The number of halogens is 3. The number of carbonyl (C=O) groups is 2. The molecule has 0 aliphatic carbocycles. The van der Waals surface area contributed by atoms with Gasteiger partial charge in [0.2, 0.25) is 0 Å². The molecule has 126 valence electrons. The molecule has 24 heavy (non-hydrogen) atoms. The van der Waals surface area contributed by atoms with E-state index >= 15 is 0 Å². The molecule has 7 heteroatoms. The molecule has 2 aromatic rings. The number of esters is 1. The zero-order chi connectivity index (χ0) is 17.9. The van der Waals surface area contributed by atoms with Crippen molar-refractivity contribution in [3.63, 3.8) is 0 Å². The number of rotatable bonds is 4. The van der Waals surface area contributed by atoms with Crippen LogP contribution in [-0.2, 0) is 9.53 Å². The minimum atomic E-state index is -1.23. The third-order valence-electron chi connectivity index (χ3n) is 3.17. The van der Waals surface area contributed by atoms with Gasteiger partial charge >= 0.3 is 5.97 Å². The Kier molecular flexibility index (Phi) is 5.51. The standard InChI is InChI=1S/C17H14ClF2NO3/c1-9-4-3-5-11(6-9)21-16(22)10(2)24-17(23)12-7-14(19)15(20)8-13(12)18/h3-8,10H,1-2H3,(H,21,22)/t10-/m0/s1. The first kappa shape index (κ1) is 17.9. The lowest BCUT2D eigenvalue weighted by atomic mass is 10.2. The van der Waals surface area contributed by atoms with Gasteiger partial charge in [-0.2, -0.15) is 0 Å². The number of hydrogen-bond acceptors (Lipinski definition) is 3. The van der Waals surface area contributed by atoms with Crippen molar-refractivity contribution in [1.29, 1.82) is 0 Å². The molecule has 1 amide bonds. The van der Waals surface area contributed by atoms with E-state index in [2.05, 4.69) is 5.32 Å². The number of amides is 1. The van der Waals surface area contributed by atoms with Gasteiger partial charge in [-0.3, -0.25) is 4.79 Å². The van der Waals surface area contributed by atoms with E-state index in [1.807, 2.05) is 13.0 Å². The molecule has 0 aliphatic rings. The van der Waals surface area contributed by atoms with Crippen molar-refractivity contribution < 1.29 is 23.1 Å². The number of hydrogen-bond donors (Lipinski definition) is 1. The van der Waals surface area contributed by atoms with Gasteiger partial charge in [0, 0.05) is 5.69 Å². The Morgan fingerprint density at radius 3 is 2.50 bits per heavy atom. The van der Waals surface area contributed by atoms with Crippen LogP contribution in [0.1, 0.15) is 22.8 Å². The van der Waals surface area contributed by atoms with E-state index < -0.39 is 29.6 Å². The van der Waals surface area contributed by atoms with E-state index in [1.165, 1.54) is 6.92 Å². The first-order valence-electron chi connectivity index (χ1n) is 7.01. The van der Waals surface area contributed by atoms with Crippen LogP contribution in [0.5, 0.6) is 0 Å². The highest BCUT2D eigenvalue weighted by Gasteiger charge is 2.22. The Morgan fingerprint density at radius 2 is 1.83 bits per heavy atom. The molecule has 0 aliphatic heterocycles. The smallest absolute Gasteiger partial charge is 0.340 e. The summed E-state index contributed by atoms with van der Waals surface area (Å²) in [5.74, 6) is -4.00. The molecule has 0 radical (unpaired) electrons. The van der Waals surface area contributed by atoms with Crippen molar-refractivity contribution in [3.05, 3.63) is 64.2 Å². The van der Waals surface area contributed by atoms with Crippen molar-refractivity contribution in [2.24, 2.45) is 0 Å². The minimum Gasteiger partial charge on any atom is -0.449 e. The predicted octanol–water partition coefficient (Wildman–Crippen LogP) is 4.11. The maximum atomic E-state index is 13.2. The maximum Gasteiger partial charge on any atom is 0.340 e. The molecule has 0 aromatic heterocycles. The second-order valence-electron chi connectivity index (χ2n) is 5.15. The third kappa shape index (κ3) is 4.29. The lowest BCUT2D eigenvalue weighted by Crippen LogP contribution is -2.30. The fourth-order valence-electron chi connectivity index (χ4n) is 1.92. The summed E-state index contributed by atoms with van der Waals surface area (Å²) in [4.78, 5) is 24.0. The Bertz CT molecular complexity index is 795. The Hall–Kier alpha value is -2.47. The number of carbonyl (C=O) groups excluding carboxylic acids is 2. The van der Waals surface area contributed by atoms with Gasteiger partial charge in [-0.05, 0) is 43.7 Å². The van der Waals surface area contributed by atoms with Crippen LogP contribution >= 0.6 is 11.6 Å². The van der Waals surface area contributed by atoms with Gasteiger partial charge in [-0.25, -0.2) is 13.6 Å². The normalized spacial score (nSPS) is 11.7. The van der Waals surface area contributed by atoms with Crippen LogP contribution in [0.15, 0.2) is 36.4 Å². The topological polar surface area (TPSA) is 55.4 Å². The largest absolute Gasteiger partial charge is 0.449 e. The molecule has 0 fully saturated rings. The molecular formula is C17H14ClF2NO3. The highest BCUT2D eigenvalue weighted by atomic mass is 35.5. The second kappa shape index (κ2) is 7.40. The van der Waals surface area contributed by atoms with Crippen LogP contribution < -0.4 is 5.32 Å². The van der Waals surface area contributed by atoms with Crippen LogP contribution in [0.3, 0.4) is 0 Å². The van der Waals surface area contributed by atoms with Gasteiger partial charge in [0.15, 0.2) is 17.7 Å².